The Bertz CT molecular complexity index is 648. The van der Waals surface area contributed by atoms with Crippen molar-refractivity contribution in [2.45, 2.75) is 19.9 Å². The summed E-state index contributed by atoms with van der Waals surface area (Å²) in [5, 5.41) is 6.87. The van der Waals surface area contributed by atoms with Crippen molar-refractivity contribution in [3.8, 4) is 0 Å². The second-order valence-electron chi connectivity index (χ2n) is 5.89. The van der Waals surface area contributed by atoms with Gasteiger partial charge in [0.05, 0.1) is 24.8 Å². The molecule has 1 saturated heterocycles. The number of allylic oxidation sites excluding steroid dienone is 1. The van der Waals surface area contributed by atoms with Crippen molar-refractivity contribution in [1.82, 2.24) is 15.5 Å². The molecule has 2 aliphatic rings. The molecule has 122 valence electrons. The van der Waals surface area contributed by atoms with Crippen LogP contribution in [0.2, 0.25) is 0 Å². The number of nitrogens with one attached hydrogen (secondary N) is 2. The quantitative estimate of drug-likeness (QED) is 0.807. The topological polar surface area (TPSA) is 53.6 Å². The SMILES string of the molecule is CC1=C(C(=O)N2CCOCC2)[C@H](c2ccc(C)cc2)NC(=S)N1. The summed E-state index contributed by atoms with van der Waals surface area (Å²) in [6, 6.07) is 7.96. The number of carbonyl (C=O) groups is 1. The lowest BCUT2D eigenvalue weighted by molar-refractivity contribution is -0.131. The van der Waals surface area contributed by atoms with Gasteiger partial charge < -0.3 is 20.3 Å². The third-order valence-electron chi connectivity index (χ3n) is 4.21. The lowest BCUT2D eigenvalue weighted by Gasteiger charge is -2.34. The predicted molar refractivity (Wildman–Crippen MR) is 92.9 cm³/mol. The zero-order valence-corrected chi connectivity index (χ0v) is 14.2. The lowest BCUT2D eigenvalue weighted by Crippen LogP contribution is -2.49. The van der Waals surface area contributed by atoms with Crippen LogP contribution >= 0.6 is 12.2 Å². The van der Waals surface area contributed by atoms with Crippen LogP contribution in [-0.2, 0) is 9.53 Å². The van der Waals surface area contributed by atoms with Gasteiger partial charge in [-0.05, 0) is 31.6 Å². The molecule has 23 heavy (non-hydrogen) atoms. The molecule has 1 atom stereocenters. The number of benzene rings is 1. The average Bonchev–Trinajstić information content (AvgIpc) is 2.55. The van der Waals surface area contributed by atoms with E-state index in [4.69, 9.17) is 17.0 Å². The molecule has 0 spiro atoms. The minimum Gasteiger partial charge on any atom is -0.378 e. The van der Waals surface area contributed by atoms with Crippen LogP contribution in [0.5, 0.6) is 0 Å². The van der Waals surface area contributed by atoms with Crippen LogP contribution in [0.15, 0.2) is 35.5 Å². The van der Waals surface area contributed by atoms with E-state index < -0.39 is 0 Å². The molecule has 1 aromatic carbocycles. The number of carbonyl (C=O) groups excluding carboxylic acids is 1. The van der Waals surface area contributed by atoms with Crippen LogP contribution in [0, 0.1) is 6.92 Å². The second kappa shape index (κ2) is 6.68. The number of thiocarbonyl (C=S) groups is 1. The molecule has 2 heterocycles. The summed E-state index contributed by atoms with van der Waals surface area (Å²) in [6.45, 7) is 6.38. The van der Waals surface area contributed by atoms with Crippen molar-refractivity contribution < 1.29 is 9.53 Å². The summed E-state index contributed by atoms with van der Waals surface area (Å²) >= 11 is 5.28. The smallest absolute Gasteiger partial charge is 0.254 e. The minimum atomic E-state index is -0.223. The van der Waals surface area contributed by atoms with Crippen molar-refractivity contribution in [1.29, 1.82) is 0 Å². The van der Waals surface area contributed by atoms with Gasteiger partial charge in [0.25, 0.3) is 5.91 Å². The zero-order chi connectivity index (χ0) is 16.4. The molecule has 3 rings (SSSR count). The van der Waals surface area contributed by atoms with Gasteiger partial charge in [-0.2, -0.15) is 0 Å². The molecule has 0 unspecified atom stereocenters. The summed E-state index contributed by atoms with van der Waals surface area (Å²) in [4.78, 5) is 14.9. The molecule has 0 aromatic heterocycles. The number of aryl methyl sites for hydroxylation is 1. The Morgan fingerprint density at radius 1 is 1.22 bits per heavy atom. The van der Waals surface area contributed by atoms with Gasteiger partial charge in [-0.1, -0.05) is 29.8 Å². The van der Waals surface area contributed by atoms with Gasteiger partial charge in [-0.15, -0.1) is 0 Å². The van der Waals surface area contributed by atoms with Crippen molar-refractivity contribution in [2.24, 2.45) is 0 Å². The van der Waals surface area contributed by atoms with E-state index in [9.17, 15) is 4.79 Å². The molecule has 6 heteroatoms. The zero-order valence-electron chi connectivity index (χ0n) is 13.4. The Morgan fingerprint density at radius 3 is 2.52 bits per heavy atom. The number of ether oxygens (including phenoxy) is 1. The van der Waals surface area contributed by atoms with Crippen molar-refractivity contribution >= 4 is 23.2 Å². The molecule has 5 nitrogen and oxygen atoms in total. The molecule has 1 aromatic rings. The minimum absolute atomic E-state index is 0.0406. The van der Waals surface area contributed by atoms with E-state index >= 15 is 0 Å². The second-order valence-corrected chi connectivity index (χ2v) is 6.29. The Morgan fingerprint density at radius 2 is 1.87 bits per heavy atom. The number of nitrogens with zero attached hydrogens (tertiary/aromatic N) is 1. The van der Waals surface area contributed by atoms with Crippen LogP contribution in [0.1, 0.15) is 24.1 Å². The molecule has 0 bridgehead atoms. The van der Waals surface area contributed by atoms with Crippen molar-refractivity contribution in [2.75, 3.05) is 26.3 Å². The Balaban J connectivity index is 1.95. The third-order valence-corrected chi connectivity index (χ3v) is 4.43. The van der Waals surface area contributed by atoms with E-state index in [0.717, 1.165) is 16.8 Å². The lowest BCUT2D eigenvalue weighted by atomic mass is 9.94. The van der Waals surface area contributed by atoms with E-state index in [1.54, 1.807) is 0 Å². The fraction of sp³-hybridized carbons (Fsp3) is 0.412. The molecule has 0 aliphatic carbocycles. The van der Waals surface area contributed by atoms with Gasteiger partial charge in [0.1, 0.15) is 0 Å². The van der Waals surface area contributed by atoms with E-state index in [2.05, 4.69) is 10.6 Å². The normalized spacial score (nSPS) is 21.7. The van der Waals surface area contributed by atoms with Gasteiger partial charge in [0, 0.05) is 18.8 Å². The van der Waals surface area contributed by atoms with E-state index in [0.29, 0.717) is 31.4 Å². The highest BCUT2D eigenvalue weighted by molar-refractivity contribution is 7.80. The molecule has 2 aliphatic heterocycles. The van der Waals surface area contributed by atoms with Crippen LogP contribution in [0.4, 0.5) is 0 Å². The fourth-order valence-electron chi connectivity index (χ4n) is 2.92. The van der Waals surface area contributed by atoms with Crippen molar-refractivity contribution in [3.05, 3.63) is 46.7 Å². The first kappa shape index (κ1) is 16.0. The number of morpholine rings is 1. The van der Waals surface area contributed by atoms with Gasteiger partial charge in [-0.3, -0.25) is 4.79 Å². The molecular weight excluding hydrogens is 310 g/mol. The first-order valence-corrected chi connectivity index (χ1v) is 8.19. The molecule has 1 amide bonds. The highest BCUT2D eigenvalue weighted by Gasteiger charge is 2.32. The monoisotopic (exact) mass is 331 g/mol. The summed E-state index contributed by atoms with van der Waals surface area (Å²) in [5.74, 6) is 0.0406. The predicted octanol–water partition coefficient (Wildman–Crippen LogP) is 1.65. The van der Waals surface area contributed by atoms with Crippen LogP contribution in [0.3, 0.4) is 0 Å². The average molecular weight is 331 g/mol. The van der Waals surface area contributed by atoms with E-state index in [1.807, 2.05) is 43.0 Å². The summed E-state index contributed by atoms with van der Waals surface area (Å²) < 4.78 is 5.34. The maximum atomic E-state index is 13.0. The molecule has 2 N–H and O–H groups in total. The number of amides is 1. The molecule has 0 radical (unpaired) electrons. The summed E-state index contributed by atoms with van der Waals surface area (Å²) in [5.41, 5.74) is 3.77. The summed E-state index contributed by atoms with van der Waals surface area (Å²) in [7, 11) is 0. The Hall–Kier alpha value is -1.92. The van der Waals surface area contributed by atoms with Gasteiger partial charge >= 0.3 is 0 Å². The first-order chi connectivity index (χ1) is 11.1. The van der Waals surface area contributed by atoms with Crippen LogP contribution < -0.4 is 10.6 Å². The van der Waals surface area contributed by atoms with Crippen molar-refractivity contribution in [3.63, 3.8) is 0 Å². The number of rotatable bonds is 2. The fourth-order valence-corrected chi connectivity index (χ4v) is 3.19. The first-order valence-electron chi connectivity index (χ1n) is 7.78. The largest absolute Gasteiger partial charge is 0.378 e. The number of hydrogen-bond acceptors (Lipinski definition) is 3. The van der Waals surface area contributed by atoms with Gasteiger partial charge in [-0.25, -0.2) is 0 Å². The molecule has 1 fully saturated rings. The highest BCUT2D eigenvalue weighted by Crippen LogP contribution is 2.28. The highest BCUT2D eigenvalue weighted by atomic mass is 32.1. The van der Waals surface area contributed by atoms with Gasteiger partial charge in [0.15, 0.2) is 5.11 Å². The maximum absolute atomic E-state index is 13.0. The third kappa shape index (κ3) is 3.38. The number of hydrogen-bond donors (Lipinski definition) is 2. The van der Waals surface area contributed by atoms with Crippen LogP contribution in [-0.4, -0.2) is 42.2 Å². The standard InChI is InChI=1S/C17H21N3O2S/c1-11-3-5-13(6-4-11)15-14(12(2)18-17(23)19-15)16(21)20-7-9-22-10-8-20/h3-6,15H,7-10H2,1-2H3,(H2,18,19,23)/t15-/m0/s1. The molecule has 0 saturated carbocycles. The Kier molecular flexibility index (Phi) is 4.63. The molecular formula is C17H21N3O2S. The van der Waals surface area contributed by atoms with Crippen LogP contribution in [0.25, 0.3) is 0 Å². The maximum Gasteiger partial charge on any atom is 0.254 e. The van der Waals surface area contributed by atoms with E-state index in [-0.39, 0.29) is 11.9 Å². The Labute approximate surface area is 141 Å². The van der Waals surface area contributed by atoms with Gasteiger partial charge in [0.2, 0.25) is 0 Å². The van der Waals surface area contributed by atoms with E-state index in [1.165, 1.54) is 5.56 Å². The summed E-state index contributed by atoms with van der Waals surface area (Å²) in [6.07, 6.45) is 0.